The molecular weight excluding hydrogens is 314 g/mol. The molecule has 0 aliphatic heterocycles. The number of rotatable bonds is 5. The molecule has 0 saturated heterocycles. The molecule has 0 unspecified atom stereocenters. The van der Waals surface area contributed by atoms with Gasteiger partial charge in [-0.3, -0.25) is 0 Å². The summed E-state index contributed by atoms with van der Waals surface area (Å²) in [7, 11) is -3.21. The van der Waals surface area contributed by atoms with Gasteiger partial charge in [0, 0.05) is 11.8 Å². The highest BCUT2D eigenvalue weighted by Crippen LogP contribution is 2.30. The smallest absolute Gasteiger partial charge is 0.304 e. The second-order valence-electron chi connectivity index (χ2n) is 7.02. The maximum atomic E-state index is 5.92. The lowest BCUT2D eigenvalue weighted by Crippen LogP contribution is -2.34. The van der Waals surface area contributed by atoms with Crippen molar-refractivity contribution in [3.8, 4) is 17.1 Å². The van der Waals surface area contributed by atoms with Crippen molar-refractivity contribution in [2.45, 2.75) is 39.3 Å². The Morgan fingerprint density at radius 1 is 1.14 bits per heavy atom. The topological polar surface area (TPSA) is 47.0 Å². The van der Waals surface area contributed by atoms with E-state index in [0.717, 1.165) is 16.9 Å². The molecule has 2 heterocycles. The first kappa shape index (κ1) is 16.2. The molecule has 0 amide bonds. The third-order valence-corrected chi connectivity index (χ3v) is 4.95. The lowest BCUT2D eigenvalue weighted by molar-refractivity contribution is 0.510. The van der Waals surface area contributed by atoms with Gasteiger partial charge < -0.3 is 9.41 Å². The van der Waals surface area contributed by atoms with E-state index in [1.165, 1.54) is 0 Å². The van der Waals surface area contributed by atoms with Crippen LogP contribution in [0.15, 0.2) is 23.0 Å². The van der Waals surface area contributed by atoms with E-state index in [4.69, 9.17) is 4.43 Å². The van der Waals surface area contributed by atoms with E-state index in [2.05, 4.69) is 71.1 Å². The third-order valence-electron chi connectivity index (χ3n) is 2.49. The lowest BCUT2D eigenvalue weighted by atomic mass is 10.2. The van der Waals surface area contributed by atoms with Gasteiger partial charge in [-0.25, -0.2) is 4.98 Å². The highest BCUT2D eigenvalue weighted by atomic mass is 32.1. The number of thiophene rings is 1. The fourth-order valence-corrected chi connectivity index (χ4v) is 3.97. The average Bonchev–Trinajstić information content (AvgIpc) is 2.78. The minimum atomic E-state index is -1.70. The van der Waals surface area contributed by atoms with Crippen molar-refractivity contribution in [1.82, 2.24) is 9.97 Å². The molecule has 0 saturated carbocycles. The summed E-state index contributed by atoms with van der Waals surface area (Å²) in [5.41, 5.74) is 2.20. The summed E-state index contributed by atoms with van der Waals surface area (Å²) in [6.45, 7) is 13.2. The Labute approximate surface area is 132 Å². The SMILES string of the molecule is C[Si](C)(C)Nc1nc(O[Si](C)(C)C)ncc1-c1ccsc1. The van der Waals surface area contributed by atoms with E-state index in [0.29, 0.717) is 6.01 Å². The molecule has 0 aromatic carbocycles. The van der Waals surface area contributed by atoms with E-state index in [-0.39, 0.29) is 0 Å². The molecule has 2 aromatic rings. The molecular formula is C14H23N3OSSi2. The minimum Gasteiger partial charge on any atom is -0.518 e. The van der Waals surface area contributed by atoms with E-state index < -0.39 is 16.6 Å². The van der Waals surface area contributed by atoms with E-state index in [1.54, 1.807) is 11.3 Å². The van der Waals surface area contributed by atoms with Crippen LogP contribution in [0.3, 0.4) is 0 Å². The van der Waals surface area contributed by atoms with Crippen LogP contribution in [0, 0.1) is 0 Å². The Balaban J connectivity index is 2.41. The zero-order valence-corrected chi connectivity index (χ0v) is 16.3. The molecule has 2 aromatic heterocycles. The van der Waals surface area contributed by atoms with Crippen molar-refractivity contribution < 1.29 is 4.43 Å². The number of hydrogen-bond donors (Lipinski definition) is 1. The molecule has 0 aliphatic rings. The molecule has 0 radical (unpaired) electrons. The summed E-state index contributed by atoms with van der Waals surface area (Å²) in [4.78, 5) is 12.6. The van der Waals surface area contributed by atoms with Crippen LogP contribution >= 0.6 is 11.3 Å². The predicted molar refractivity (Wildman–Crippen MR) is 96.3 cm³/mol. The Hall–Kier alpha value is -1.19. The van der Waals surface area contributed by atoms with Crippen LogP contribution in [-0.4, -0.2) is 26.5 Å². The average molecular weight is 338 g/mol. The fourth-order valence-electron chi connectivity index (χ4n) is 1.77. The summed E-state index contributed by atoms with van der Waals surface area (Å²) in [5, 5.41) is 4.19. The summed E-state index contributed by atoms with van der Waals surface area (Å²) in [6.07, 6.45) is 1.87. The van der Waals surface area contributed by atoms with Crippen molar-refractivity contribution in [2.24, 2.45) is 0 Å². The Morgan fingerprint density at radius 3 is 2.38 bits per heavy atom. The van der Waals surface area contributed by atoms with Crippen LogP contribution in [0.1, 0.15) is 0 Å². The van der Waals surface area contributed by atoms with Crippen LogP contribution in [0.4, 0.5) is 5.82 Å². The van der Waals surface area contributed by atoms with Gasteiger partial charge in [0.15, 0.2) is 0 Å². The largest absolute Gasteiger partial charge is 0.518 e. The Bertz CT molecular complexity index is 604. The van der Waals surface area contributed by atoms with Crippen molar-refractivity contribution in [2.75, 3.05) is 4.98 Å². The molecule has 0 fully saturated rings. The standard InChI is InChI=1S/C14H23N3OSSi2/c1-20(2,3)17-13-12(11-7-8-19-10-11)9-15-14(16-13)18-21(4,5)6/h7-10H,1-6H3,(H,15,16,17). The van der Waals surface area contributed by atoms with E-state index >= 15 is 0 Å². The van der Waals surface area contributed by atoms with Gasteiger partial charge in [-0.1, -0.05) is 19.6 Å². The molecule has 114 valence electrons. The van der Waals surface area contributed by atoms with Crippen molar-refractivity contribution >= 4 is 33.7 Å². The summed E-state index contributed by atoms with van der Waals surface area (Å²) >= 11 is 1.68. The molecule has 0 atom stereocenters. The number of nitrogens with one attached hydrogen (secondary N) is 1. The molecule has 7 heteroatoms. The maximum absolute atomic E-state index is 5.92. The van der Waals surface area contributed by atoms with Gasteiger partial charge in [0.1, 0.15) is 14.1 Å². The third kappa shape index (κ3) is 4.94. The van der Waals surface area contributed by atoms with Gasteiger partial charge in [-0.2, -0.15) is 16.3 Å². The first-order chi connectivity index (χ1) is 9.64. The second kappa shape index (κ2) is 5.90. The number of aromatic nitrogens is 2. The van der Waals surface area contributed by atoms with Gasteiger partial charge in [-0.15, -0.1) is 0 Å². The molecule has 4 nitrogen and oxygen atoms in total. The predicted octanol–water partition coefficient (Wildman–Crippen LogP) is 4.67. The Kier molecular flexibility index (Phi) is 4.55. The van der Waals surface area contributed by atoms with Crippen LogP contribution in [0.25, 0.3) is 11.1 Å². The number of hydrogen-bond acceptors (Lipinski definition) is 5. The summed E-state index contributed by atoms with van der Waals surface area (Å²) < 4.78 is 5.92. The zero-order chi connectivity index (χ0) is 15.7. The highest BCUT2D eigenvalue weighted by Gasteiger charge is 2.21. The summed E-state index contributed by atoms with van der Waals surface area (Å²) in [6, 6.07) is 2.58. The Morgan fingerprint density at radius 2 is 1.86 bits per heavy atom. The monoisotopic (exact) mass is 337 g/mol. The number of nitrogens with zero attached hydrogens (tertiary/aromatic N) is 2. The van der Waals surface area contributed by atoms with Crippen molar-refractivity contribution in [3.63, 3.8) is 0 Å². The maximum Gasteiger partial charge on any atom is 0.304 e. The quantitative estimate of drug-likeness (QED) is 0.806. The van der Waals surface area contributed by atoms with Crippen LogP contribution < -0.4 is 9.41 Å². The molecule has 0 bridgehead atoms. The molecule has 21 heavy (non-hydrogen) atoms. The van der Waals surface area contributed by atoms with Gasteiger partial charge >= 0.3 is 6.01 Å². The van der Waals surface area contributed by atoms with Gasteiger partial charge in [0.05, 0.1) is 0 Å². The van der Waals surface area contributed by atoms with Gasteiger partial charge in [-0.05, 0) is 42.0 Å². The zero-order valence-electron chi connectivity index (χ0n) is 13.5. The minimum absolute atomic E-state index is 0.480. The normalized spacial score (nSPS) is 12.3. The van der Waals surface area contributed by atoms with Crippen molar-refractivity contribution in [3.05, 3.63) is 23.0 Å². The molecule has 0 spiro atoms. The second-order valence-corrected chi connectivity index (χ2v) is 17.0. The lowest BCUT2D eigenvalue weighted by Gasteiger charge is -2.23. The molecule has 1 N–H and O–H groups in total. The van der Waals surface area contributed by atoms with Gasteiger partial charge in [0.25, 0.3) is 0 Å². The first-order valence-corrected chi connectivity index (χ1v) is 14.9. The van der Waals surface area contributed by atoms with E-state index in [9.17, 15) is 0 Å². The molecule has 2 rings (SSSR count). The highest BCUT2D eigenvalue weighted by molar-refractivity contribution is 7.08. The van der Waals surface area contributed by atoms with Crippen LogP contribution in [-0.2, 0) is 0 Å². The fraction of sp³-hybridized carbons (Fsp3) is 0.429. The van der Waals surface area contributed by atoms with Crippen LogP contribution in [0.2, 0.25) is 39.3 Å². The number of anilines is 1. The summed E-state index contributed by atoms with van der Waals surface area (Å²) in [5.74, 6) is 0.885. The van der Waals surface area contributed by atoms with Crippen molar-refractivity contribution in [1.29, 1.82) is 0 Å². The first-order valence-electron chi connectivity index (χ1n) is 7.01. The molecule has 0 aliphatic carbocycles. The van der Waals surface area contributed by atoms with Gasteiger partial charge in [0.2, 0.25) is 8.32 Å². The van der Waals surface area contributed by atoms with E-state index in [1.807, 2.05) is 6.20 Å². The van der Waals surface area contributed by atoms with Crippen LogP contribution in [0.5, 0.6) is 6.01 Å².